The van der Waals surface area contributed by atoms with Crippen molar-refractivity contribution in [2.24, 2.45) is 0 Å². The molecule has 1 aromatic heterocycles. The van der Waals surface area contributed by atoms with Gasteiger partial charge in [-0.05, 0) is 29.8 Å². The van der Waals surface area contributed by atoms with E-state index >= 15 is 0 Å². The minimum Gasteiger partial charge on any atom is -0.492 e. The first kappa shape index (κ1) is 17.0. The van der Waals surface area contributed by atoms with Gasteiger partial charge in [0.15, 0.2) is 0 Å². The van der Waals surface area contributed by atoms with Gasteiger partial charge >= 0.3 is 0 Å². The van der Waals surface area contributed by atoms with Crippen LogP contribution in [0.25, 0.3) is 0 Å². The number of halogens is 1. The zero-order valence-electron chi connectivity index (χ0n) is 13.7. The van der Waals surface area contributed by atoms with Gasteiger partial charge in [0, 0.05) is 23.2 Å². The van der Waals surface area contributed by atoms with E-state index in [2.05, 4.69) is 15.3 Å². The van der Waals surface area contributed by atoms with Gasteiger partial charge in [-0.2, -0.15) is 4.98 Å². The molecule has 0 radical (unpaired) electrons. The maximum absolute atomic E-state index is 6.05. The first-order chi connectivity index (χ1) is 12.2. The Hall–Kier alpha value is -2.79. The van der Waals surface area contributed by atoms with Crippen LogP contribution in [0.2, 0.25) is 5.02 Å². The molecule has 25 heavy (non-hydrogen) atoms. The number of anilines is 2. The van der Waals surface area contributed by atoms with Crippen LogP contribution in [-0.4, -0.2) is 23.1 Å². The number of hydrogen-bond donors (Lipinski definition) is 2. The molecule has 3 aromatic rings. The summed E-state index contributed by atoms with van der Waals surface area (Å²) in [5.74, 6) is 1.78. The number of nitrogens with one attached hydrogen (secondary N) is 1. The molecule has 0 unspecified atom stereocenters. The second kappa shape index (κ2) is 8.35. The Bertz CT molecular complexity index is 827. The molecule has 0 saturated heterocycles. The lowest BCUT2D eigenvalue weighted by Crippen LogP contribution is -2.14. The fourth-order valence-electron chi connectivity index (χ4n) is 2.36. The minimum absolute atomic E-state index is 0.460. The van der Waals surface area contributed by atoms with Gasteiger partial charge in [-0.25, -0.2) is 4.98 Å². The second-order valence-corrected chi connectivity index (χ2v) is 5.94. The Balaban J connectivity index is 1.53. The van der Waals surface area contributed by atoms with Crippen LogP contribution < -0.4 is 15.8 Å². The van der Waals surface area contributed by atoms with Gasteiger partial charge in [-0.15, -0.1) is 0 Å². The first-order valence-electron chi connectivity index (χ1n) is 7.98. The Kier molecular flexibility index (Phi) is 5.69. The lowest BCUT2D eigenvalue weighted by Gasteiger charge is -2.10. The maximum Gasteiger partial charge on any atom is 0.224 e. The molecule has 0 amide bonds. The molecule has 6 heteroatoms. The lowest BCUT2D eigenvalue weighted by atomic mass is 10.1. The Morgan fingerprint density at radius 3 is 2.68 bits per heavy atom. The molecule has 0 aliphatic heterocycles. The van der Waals surface area contributed by atoms with Crippen molar-refractivity contribution in [3.8, 4) is 5.75 Å². The molecule has 128 valence electrons. The molecule has 2 aromatic carbocycles. The highest BCUT2D eigenvalue weighted by molar-refractivity contribution is 6.30. The van der Waals surface area contributed by atoms with Crippen molar-refractivity contribution in [1.29, 1.82) is 0 Å². The van der Waals surface area contributed by atoms with Crippen molar-refractivity contribution < 1.29 is 4.74 Å². The summed E-state index contributed by atoms with van der Waals surface area (Å²) >= 11 is 6.01. The van der Waals surface area contributed by atoms with Crippen molar-refractivity contribution in [1.82, 2.24) is 9.97 Å². The maximum atomic E-state index is 6.05. The number of aromatic nitrogens is 2. The van der Waals surface area contributed by atoms with Gasteiger partial charge in [-0.3, -0.25) is 0 Å². The second-order valence-electron chi connectivity index (χ2n) is 5.50. The summed E-state index contributed by atoms with van der Waals surface area (Å²) in [5, 5.41) is 3.81. The largest absolute Gasteiger partial charge is 0.492 e. The fourth-order valence-corrected chi connectivity index (χ4v) is 2.57. The predicted octanol–water partition coefficient (Wildman–Crippen LogP) is 3.79. The summed E-state index contributed by atoms with van der Waals surface area (Å²) in [7, 11) is 0. The molecule has 3 N–H and O–H groups in total. The van der Waals surface area contributed by atoms with Crippen LogP contribution >= 0.6 is 11.6 Å². The van der Waals surface area contributed by atoms with Crippen LogP contribution in [0, 0.1) is 0 Å². The van der Waals surface area contributed by atoms with Crippen LogP contribution in [0.5, 0.6) is 5.75 Å². The van der Waals surface area contributed by atoms with Gasteiger partial charge in [0.2, 0.25) is 5.95 Å². The van der Waals surface area contributed by atoms with Crippen molar-refractivity contribution in [2.45, 2.75) is 6.42 Å². The fraction of sp³-hybridized carbons (Fsp3) is 0.158. The lowest BCUT2D eigenvalue weighted by molar-refractivity contribution is 0.332. The van der Waals surface area contributed by atoms with E-state index in [0.717, 1.165) is 16.9 Å². The third kappa shape index (κ3) is 5.09. The van der Waals surface area contributed by atoms with E-state index in [-0.39, 0.29) is 0 Å². The summed E-state index contributed by atoms with van der Waals surface area (Å²) in [5.41, 5.74) is 7.99. The monoisotopic (exact) mass is 354 g/mol. The van der Waals surface area contributed by atoms with Gasteiger partial charge in [0.1, 0.15) is 18.2 Å². The standard InChI is InChI=1S/C19H19ClN4O/c20-16-6-4-5-14(12-16)11-15-13-23-19(24-18(15)21)22-9-10-25-17-7-2-1-3-8-17/h1-8,12-13H,9-11H2,(H3,21,22,23,24). The average Bonchev–Trinajstić information content (AvgIpc) is 2.62. The van der Waals surface area contributed by atoms with Crippen molar-refractivity contribution >= 4 is 23.4 Å². The predicted molar refractivity (Wildman–Crippen MR) is 101 cm³/mol. The SMILES string of the molecule is Nc1nc(NCCOc2ccccc2)ncc1Cc1cccc(Cl)c1. The molecule has 0 spiro atoms. The summed E-state index contributed by atoms with van der Waals surface area (Å²) < 4.78 is 5.61. The number of ether oxygens (including phenoxy) is 1. The highest BCUT2D eigenvalue weighted by Gasteiger charge is 2.06. The Morgan fingerprint density at radius 2 is 1.92 bits per heavy atom. The van der Waals surface area contributed by atoms with Gasteiger partial charge < -0.3 is 15.8 Å². The number of benzene rings is 2. The van der Waals surface area contributed by atoms with Crippen LogP contribution in [0.1, 0.15) is 11.1 Å². The van der Waals surface area contributed by atoms with Crippen molar-refractivity contribution in [3.05, 3.63) is 76.9 Å². The van der Waals surface area contributed by atoms with E-state index < -0.39 is 0 Å². The molecule has 1 heterocycles. The molecule has 0 atom stereocenters. The van der Waals surface area contributed by atoms with Crippen LogP contribution in [0.3, 0.4) is 0 Å². The van der Waals surface area contributed by atoms with Crippen molar-refractivity contribution in [2.75, 3.05) is 24.2 Å². The van der Waals surface area contributed by atoms with E-state index in [1.54, 1.807) is 6.20 Å². The van der Waals surface area contributed by atoms with E-state index in [0.29, 0.717) is 36.4 Å². The number of nitrogen functional groups attached to an aromatic ring is 1. The van der Waals surface area contributed by atoms with E-state index in [1.165, 1.54) is 0 Å². The van der Waals surface area contributed by atoms with Gasteiger partial charge in [0.05, 0.1) is 6.54 Å². The summed E-state index contributed by atoms with van der Waals surface area (Å²) in [4.78, 5) is 8.62. The molecule has 0 fully saturated rings. The van der Waals surface area contributed by atoms with Crippen LogP contribution in [-0.2, 0) is 6.42 Å². The number of para-hydroxylation sites is 1. The van der Waals surface area contributed by atoms with Gasteiger partial charge in [-0.1, -0.05) is 41.9 Å². The molecule has 0 saturated carbocycles. The molecular weight excluding hydrogens is 336 g/mol. The van der Waals surface area contributed by atoms with Crippen LogP contribution in [0.15, 0.2) is 60.8 Å². The number of rotatable bonds is 7. The minimum atomic E-state index is 0.460. The third-order valence-corrected chi connectivity index (χ3v) is 3.81. The molecular formula is C19H19ClN4O. The molecule has 0 aliphatic rings. The zero-order chi connectivity index (χ0) is 17.5. The van der Waals surface area contributed by atoms with E-state index in [9.17, 15) is 0 Å². The number of nitrogens with two attached hydrogens (primary N) is 1. The normalized spacial score (nSPS) is 10.4. The topological polar surface area (TPSA) is 73.1 Å². The molecule has 5 nitrogen and oxygen atoms in total. The smallest absolute Gasteiger partial charge is 0.224 e. The molecule has 0 aliphatic carbocycles. The van der Waals surface area contributed by atoms with Gasteiger partial charge in [0.25, 0.3) is 0 Å². The summed E-state index contributed by atoms with van der Waals surface area (Å²) in [6, 6.07) is 17.3. The van der Waals surface area contributed by atoms with Crippen molar-refractivity contribution in [3.63, 3.8) is 0 Å². The average molecular weight is 355 g/mol. The highest BCUT2D eigenvalue weighted by Crippen LogP contribution is 2.18. The number of nitrogens with zero attached hydrogens (tertiary/aromatic N) is 2. The highest BCUT2D eigenvalue weighted by atomic mass is 35.5. The van der Waals surface area contributed by atoms with E-state index in [1.807, 2.05) is 54.6 Å². The third-order valence-electron chi connectivity index (χ3n) is 3.58. The van der Waals surface area contributed by atoms with E-state index in [4.69, 9.17) is 22.1 Å². The Morgan fingerprint density at radius 1 is 1.08 bits per heavy atom. The Labute approximate surface area is 151 Å². The van der Waals surface area contributed by atoms with Crippen LogP contribution in [0.4, 0.5) is 11.8 Å². The first-order valence-corrected chi connectivity index (χ1v) is 8.36. The number of hydrogen-bond acceptors (Lipinski definition) is 5. The molecule has 3 rings (SSSR count). The molecule has 0 bridgehead atoms. The quantitative estimate of drug-likeness (QED) is 0.631. The zero-order valence-corrected chi connectivity index (χ0v) is 14.4. The summed E-state index contributed by atoms with van der Waals surface area (Å²) in [6.45, 7) is 1.10. The summed E-state index contributed by atoms with van der Waals surface area (Å²) in [6.07, 6.45) is 2.38.